The van der Waals surface area contributed by atoms with Crippen molar-refractivity contribution in [3.63, 3.8) is 0 Å². The summed E-state index contributed by atoms with van der Waals surface area (Å²) < 4.78 is 11.4. The molecule has 170 valence electrons. The van der Waals surface area contributed by atoms with Gasteiger partial charge in [0.05, 0.1) is 19.9 Å². The van der Waals surface area contributed by atoms with E-state index in [-0.39, 0.29) is 5.95 Å². The van der Waals surface area contributed by atoms with Crippen molar-refractivity contribution in [3.8, 4) is 11.5 Å². The van der Waals surface area contributed by atoms with Crippen molar-refractivity contribution < 1.29 is 14.3 Å². The minimum absolute atomic E-state index is 0.130. The highest BCUT2D eigenvalue weighted by Gasteiger charge is 2.24. The molecule has 0 amide bonds. The van der Waals surface area contributed by atoms with Crippen molar-refractivity contribution in [2.45, 2.75) is 19.4 Å². The Hall–Kier alpha value is -4.07. The second-order valence-corrected chi connectivity index (χ2v) is 7.82. The lowest BCUT2D eigenvalue weighted by atomic mass is 9.96. The fraction of sp³-hybridized carbons (Fsp3) is 0.240. The number of benzene rings is 2. The number of anilines is 2. The Balaban J connectivity index is 1.77. The largest absolute Gasteiger partial charge is 0.493 e. The standard InChI is InChI=1S/C25H27N5O3/c1-32-22-13-16(11-19-14-28-25(27)29-24(19)26)12-20(23(22)33-2)21(8-10-31)30-9-7-17-5-3-4-6-18(17)15-30/h3-6,8,10,12-14H,7,9,11,15H2,1-2H3,(H4,26,27,28,29). The van der Waals surface area contributed by atoms with Crippen molar-refractivity contribution in [1.29, 1.82) is 0 Å². The number of methoxy groups -OCH3 is 2. The molecule has 8 nitrogen and oxygen atoms in total. The van der Waals surface area contributed by atoms with Gasteiger partial charge in [-0.15, -0.1) is 0 Å². The molecule has 0 bridgehead atoms. The van der Waals surface area contributed by atoms with Gasteiger partial charge in [0, 0.05) is 42.9 Å². The molecule has 0 atom stereocenters. The Labute approximate surface area is 192 Å². The summed E-state index contributed by atoms with van der Waals surface area (Å²) in [7, 11) is 3.18. The molecule has 0 spiro atoms. The lowest BCUT2D eigenvalue weighted by Gasteiger charge is -2.33. The monoisotopic (exact) mass is 445 g/mol. The molecule has 0 unspecified atom stereocenters. The van der Waals surface area contributed by atoms with Crippen LogP contribution >= 0.6 is 0 Å². The molecule has 8 heteroatoms. The van der Waals surface area contributed by atoms with Gasteiger partial charge in [-0.3, -0.25) is 4.79 Å². The fourth-order valence-corrected chi connectivity index (χ4v) is 4.24. The minimum Gasteiger partial charge on any atom is -0.493 e. The Morgan fingerprint density at radius 3 is 2.64 bits per heavy atom. The van der Waals surface area contributed by atoms with Gasteiger partial charge < -0.3 is 25.8 Å². The summed E-state index contributed by atoms with van der Waals surface area (Å²) in [6.07, 6.45) is 5.37. The highest BCUT2D eigenvalue weighted by molar-refractivity contribution is 5.84. The predicted octanol–water partition coefficient (Wildman–Crippen LogP) is 2.85. The maximum atomic E-state index is 11.7. The SMILES string of the molecule is COc1cc(Cc2cnc(N)nc2N)cc(C(=CC=O)N2CCc3ccccc3C2)c1OC. The third kappa shape index (κ3) is 4.59. The normalized spacial score (nSPS) is 13.4. The summed E-state index contributed by atoms with van der Waals surface area (Å²) in [6, 6.07) is 12.3. The maximum Gasteiger partial charge on any atom is 0.221 e. The molecule has 4 N–H and O–H groups in total. The second-order valence-electron chi connectivity index (χ2n) is 7.82. The number of aldehydes is 1. The van der Waals surface area contributed by atoms with Gasteiger partial charge in [0.25, 0.3) is 0 Å². The van der Waals surface area contributed by atoms with E-state index < -0.39 is 0 Å². The smallest absolute Gasteiger partial charge is 0.221 e. The Bertz CT molecular complexity index is 1210. The molecule has 0 saturated carbocycles. The fourth-order valence-electron chi connectivity index (χ4n) is 4.24. The van der Waals surface area contributed by atoms with E-state index >= 15 is 0 Å². The first-order valence-corrected chi connectivity index (χ1v) is 10.6. The average Bonchev–Trinajstić information content (AvgIpc) is 2.83. The predicted molar refractivity (Wildman–Crippen MR) is 128 cm³/mol. The number of aromatic nitrogens is 2. The summed E-state index contributed by atoms with van der Waals surface area (Å²) in [5.41, 5.74) is 17.5. The van der Waals surface area contributed by atoms with Crippen LogP contribution in [0, 0.1) is 0 Å². The number of nitrogens with zero attached hydrogens (tertiary/aromatic N) is 3. The topological polar surface area (TPSA) is 117 Å². The van der Waals surface area contributed by atoms with Gasteiger partial charge in [0.15, 0.2) is 11.5 Å². The van der Waals surface area contributed by atoms with E-state index in [1.165, 1.54) is 11.1 Å². The molecular weight excluding hydrogens is 418 g/mol. The molecule has 0 radical (unpaired) electrons. The number of carbonyl (C=O) groups is 1. The van der Waals surface area contributed by atoms with Gasteiger partial charge in [-0.1, -0.05) is 24.3 Å². The van der Waals surface area contributed by atoms with E-state index in [2.05, 4.69) is 33.1 Å². The molecule has 1 aliphatic heterocycles. The Morgan fingerprint density at radius 2 is 1.94 bits per heavy atom. The van der Waals surface area contributed by atoms with Crippen LogP contribution in [0.5, 0.6) is 11.5 Å². The number of fused-ring (bicyclic) bond motifs is 1. The van der Waals surface area contributed by atoms with E-state index in [1.807, 2.05) is 18.2 Å². The quantitative estimate of drug-likeness (QED) is 0.421. The molecule has 0 saturated heterocycles. The molecular formula is C25H27N5O3. The van der Waals surface area contributed by atoms with Crippen LogP contribution in [0.3, 0.4) is 0 Å². The third-order valence-electron chi connectivity index (χ3n) is 5.82. The first-order chi connectivity index (χ1) is 16.0. The highest BCUT2D eigenvalue weighted by atomic mass is 16.5. The van der Waals surface area contributed by atoms with Crippen molar-refractivity contribution in [2.75, 3.05) is 32.2 Å². The molecule has 1 aromatic heterocycles. The number of hydrogen-bond acceptors (Lipinski definition) is 8. The lowest BCUT2D eigenvalue weighted by Crippen LogP contribution is -2.29. The number of rotatable bonds is 7. The van der Waals surface area contributed by atoms with Gasteiger partial charge in [0.2, 0.25) is 5.95 Å². The van der Waals surface area contributed by atoms with Gasteiger partial charge in [-0.2, -0.15) is 4.98 Å². The summed E-state index contributed by atoms with van der Waals surface area (Å²) in [6.45, 7) is 1.48. The van der Waals surface area contributed by atoms with E-state index in [4.69, 9.17) is 20.9 Å². The van der Waals surface area contributed by atoms with E-state index in [9.17, 15) is 4.79 Å². The number of nitrogen functional groups attached to an aromatic ring is 2. The molecule has 33 heavy (non-hydrogen) atoms. The maximum absolute atomic E-state index is 11.7. The van der Waals surface area contributed by atoms with Crippen LogP contribution in [0.2, 0.25) is 0 Å². The van der Waals surface area contributed by atoms with Crippen LogP contribution in [0.1, 0.15) is 27.8 Å². The van der Waals surface area contributed by atoms with E-state index in [1.54, 1.807) is 26.5 Å². The van der Waals surface area contributed by atoms with Crippen molar-refractivity contribution in [2.24, 2.45) is 0 Å². The molecule has 0 aliphatic carbocycles. The summed E-state index contributed by atoms with van der Waals surface area (Å²) in [5, 5.41) is 0. The first-order valence-electron chi connectivity index (χ1n) is 10.6. The van der Waals surface area contributed by atoms with Crippen LogP contribution in [0.4, 0.5) is 11.8 Å². The Kier molecular flexibility index (Phi) is 6.44. The number of hydrogen-bond donors (Lipinski definition) is 2. The molecule has 2 aromatic carbocycles. The van der Waals surface area contributed by atoms with Crippen molar-refractivity contribution in [3.05, 3.63) is 76.5 Å². The van der Waals surface area contributed by atoms with Crippen LogP contribution in [-0.4, -0.2) is 41.9 Å². The first kappa shape index (κ1) is 22.1. The van der Waals surface area contributed by atoms with Crippen molar-refractivity contribution in [1.82, 2.24) is 14.9 Å². The van der Waals surface area contributed by atoms with Gasteiger partial charge >= 0.3 is 0 Å². The van der Waals surface area contributed by atoms with Crippen LogP contribution < -0.4 is 20.9 Å². The van der Waals surface area contributed by atoms with Gasteiger partial charge in [-0.25, -0.2) is 4.98 Å². The molecule has 3 aromatic rings. The summed E-state index contributed by atoms with van der Waals surface area (Å²) in [5.74, 6) is 1.59. The third-order valence-corrected chi connectivity index (χ3v) is 5.82. The molecule has 2 heterocycles. The average molecular weight is 446 g/mol. The second kappa shape index (κ2) is 9.60. The zero-order valence-electron chi connectivity index (χ0n) is 18.7. The number of allylic oxidation sites excluding steroid dienone is 1. The van der Waals surface area contributed by atoms with Crippen LogP contribution in [-0.2, 0) is 24.2 Å². The highest BCUT2D eigenvalue weighted by Crippen LogP contribution is 2.39. The lowest BCUT2D eigenvalue weighted by molar-refractivity contribution is -0.104. The number of ether oxygens (including phenoxy) is 2. The number of nitrogens with two attached hydrogens (primary N) is 2. The van der Waals surface area contributed by atoms with E-state index in [0.29, 0.717) is 30.3 Å². The Morgan fingerprint density at radius 1 is 1.15 bits per heavy atom. The molecule has 4 rings (SSSR count). The number of carbonyl (C=O) groups excluding carboxylic acids is 1. The van der Waals surface area contributed by atoms with Crippen molar-refractivity contribution >= 4 is 23.7 Å². The zero-order valence-corrected chi connectivity index (χ0v) is 18.7. The molecule has 1 aliphatic rings. The molecule has 0 fully saturated rings. The van der Waals surface area contributed by atoms with Gasteiger partial charge in [-0.05, 0) is 35.2 Å². The van der Waals surface area contributed by atoms with Crippen LogP contribution in [0.25, 0.3) is 5.70 Å². The zero-order chi connectivity index (χ0) is 23.4. The van der Waals surface area contributed by atoms with Crippen LogP contribution in [0.15, 0.2) is 48.7 Å². The minimum atomic E-state index is 0.130. The van der Waals surface area contributed by atoms with Gasteiger partial charge in [0.1, 0.15) is 12.1 Å². The summed E-state index contributed by atoms with van der Waals surface area (Å²) >= 11 is 0. The summed E-state index contributed by atoms with van der Waals surface area (Å²) in [4.78, 5) is 22.0. The van der Waals surface area contributed by atoms with E-state index in [0.717, 1.165) is 41.6 Å².